The molecule has 0 saturated carbocycles. The number of thiocarbonyl (C=S) groups is 1. The standard InChI is InChI=1S/C8H10N4OS/c13-6-3-1-5(2-4-6)7-9-11-8(14)12-10-7/h1-4,7,9-10,13H,(H2,11,12,14). The molecule has 0 radical (unpaired) electrons. The number of hydrazine groups is 2. The quantitative estimate of drug-likeness (QED) is 0.416. The lowest BCUT2D eigenvalue weighted by Gasteiger charge is -2.28. The summed E-state index contributed by atoms with van der Waals surface area (Å²) >= 11 is 4.84. The van der Waals surface area contributed by atoms with Crippen molar-refractivity contribution in [2.24, 2.45) is 0 Å². The van der Waals surface area contributed by atoms with E-state index in [1.165, 1.54) is 0 Å². The molecule has 2 rings (SSSR count). The molecule has 0 atom stereocenters. The first-order chi connectivity index (χ1) is 6.75. The fourth-order valence-corrected chi connectivity index (χ4v) is 1.29. The van der Waals surface area contributed by atoms with Gasteiger partial charge in [-0.05, 0) is 29.9 Å². The van der Waals surface area contributed by atoms with Crippen molar-refractivity contribution in [3.63, 3.8) is 0 Å². The monoisotopic (exact) mass is 210 g/mol. The van der Waals surface area contributed by atoms with Crippen molar-refractivity contribution in [2.75, 3.05) is 0 Å². The van der Waals surface area contributed by atoms with Crippen LogP contribution in [0.5, 0.6) is 5.75 Å². The van der Waals surface area contributed by atoms with E-state index in [1.807, 2.05) is 12.1 Å². The van der Waals surface area contributed by atoms with Crippen LogP contribution in [-0.4, -0.2) is 10.2 Å². The molecule has 5 N–H and O–H groups in total. The number of aromatic hydroxyl groups is 1. The summed E-state index contributed by atoms with van der Waals surface area (Å²) in [6.45, 7) is 0. The molecular formula is C8H10N4OS. The molecular weight excluding hydrogens is 200 g/mol. The van der Waals surface area contributed by atoms with Crippen LogP contribution >= 0.6 is 12.2 Å². The fraction of sp³-hybridized carbons (Fsp3) is 0.125. The lowest BCUT2D eigenvalue weighted by Crippen LogP contribution is -2.61. The van der Waals surface area contributed by atoms with Crippen molar-refractivity contribution in [1.82, 2.24) is 21.7 Å². The maximum absolute atomic E-state index is 9.10. The van der Waals surface area contributed by atoms with Crippen LogP contribution in [0.4, 0.5) is 0 Å². The summed E-state index contributed by atoms with van der Waals surface area (Å²) in [6, 6.07) is 6.90. The van der Waals surface area contributed by atoms with Crippen molar-refractivity contribution in [2.45, 2.75) is 6.17 Å². The Kier molecular flexibility index (Phi) is 2.49. The zero-order valence-electron chi connectivity index (χ0n) is 7.24. The van der Waals surface area contributed by atoms with E-state index in [0.29, 0.717) is 5.11 Å². The second-order valence-electron chi connectivity index (χ2n) is 2.89. The Bertz CT molecular complexity index is 330. The van der Waals surface area contributed by atoms with Gasteiger partial charge in [-0.3, -0.25) is 10.9 Å². The Morgan fingerprint density at radius 3 is 2.21 bits per heavy atom. The summed E-state index contributed by atoms with van der Waals surface area (Å²) < 4.78 is 0. The van der Waals surface area contributed by atoms with E-state index < -0.39 is 0 Å². The number of nitrogens with one attached hydrogen (secondary N) is 4. The summed E-state index contributed by atoms with van der Waals surface area (Å²) in [6.07, 6.45) is -0.0812. The molecule has 1 aromatic rings. The highest BCUT2D eigenvalue weighted by Gasteiger charge is 2.14. The molecule has 0 spiro atoms. The van der Waals surface area contributed by atoms with Gasteiger partial charge in [0, 0.05) is 0 Å². The third-order valence-corrected chi connectivity index (χ3v) is 2.09. The van der Waals surface area contributed by atoms with E-state index in [2.05, 4.69) is 21.7 Å². The maximum Gasteiger partial charge on any atom is 0.195 e. The van der Waals surface area contributed by atoms with Crippen molar-refractivity contribution >= 4 is 17.3 Å². The average molecular weight is 210 g/mol. The Hall–Kier alpha value is -1.37. The minimum atomic E-state index is -0.0812. The molecule has 1 aliphatic rings. The van der Waals surface area contributed by atoms with Gasteiger partial charge < -0.3 is 5.11 Å². The third-order valence-electron chi connectivity index (χ3n) is 1.89. The van der Waals surface area contributed by atoms with Gasteiger partial charge in [-0.25, -0.2) is 10.9 Å². The van der Waals surface area contributed by atoms with Gasteiger partial charge in [0.2, 0.25) is 0 Å². The van der Waals surface area contributed by atoms with Crippen LogP contribution in [0, 0.1) is 0 Å². The fourth-order valence-electron chi connectivity index (χ4n) is 1.18. The SMILES string of the molecule is Oc1ccc(C2NNC(=S)NN2)cc1. The van der Waals surface area contributed by atoms with E-state index in [-0.39, 0.29) is 11.9 Å². The molecule has 1 aliphatic heterocycles. The van der Waals surface area contributed by atoms with Gasteiger partial charge in [-0.1, -0.05) is 12.1 Å². The first kappa shape index (κ1) is 9.20. The number of rotatable bonds is 1. The van der Waals surface area contributed by atoms with E-state index in [9.17, 15) is 0 Å². The minimum absolute atomic E-state index is 0.0812. The predicted molar refractivity (Wildman–Crippen MR) is 56.0 cm³/mol. The molecule has 1 fully saturated rings. The Morgan fingerprint density at radius 1 is 1.07 bits per heavy atom. The van der Waals surface area contributed by atoms with Gasteiger partial charge in [-0.15, -0.1) is 0 Å². The number of hydrogen-bond acceptors (Lipinski definition) is 4. The van der Waals surface area contributed by atoms with Gasteiger partial charge >= 0.3 is 0 Å². The highest BCUT2D eigenvalue weighted by Crippen LogP contribution is 2.14. The van der Waals surface area contributed by atoms with Crippen molar-refractivity contribution in [3.05, 3.63) is 29.8 Å². The molecule has 0 aromatic heterocycles. The Morgan fingerprint density at radius 2 is 1.64 bits per heavy atom. The molecule has 0 bridgehead atoms. The molecule has 14 heavy (non-hydrogen) atoms. The zero-order valence-corrected chi connectivity index (χ0v) is 8.06. The van der Waals surface area contributed by atoms with E-state index >= 15 is 0 Å². The summed E-state index contributed by atoms with van der Waals surface area (Å²) in [7, 11) is 0. The molecule has 1 aromatic carbocycles. The average Bonchev–Trinajstić information content (AvgIpc) is 2.21. The molecule has 1 saturated heterocycles. The van der Waals surface area contributed by atoms with Gasteiger partial charge in [0.1, 0.15) is 11.9 Å². The lowest BCUT2D eigenvalue weighted by molar-refractivity contribution is 0.362. The van der Waals surface area contributed by atoms with Crippen LogP contribution in [0.3, 0.4) is 0 Å². The maximum atomic E-state index is 9.10. The molecule has 6 heteroatoms. The van der Waals surface area contributed by atoms with Crippen LogP contribution in [-0.2, 0) is 0 Å². The van der Waals surface area contributed by atoms with E-state index in [4.69, 9.17) is 17.3 Å². The van der Waals surface area contributed by atoms with Gasteiger partial charge in [0.15, 0.2) is 5.11 Å². The second kappa shape index (κ2) is 3.79. The summed E-state index contributed by atoms with van der Waals surface area (Å²) in [5.41, 5.74) is 12.5. The molecule has 1 heterocycles. The van der Waals surface area contributed by atoms with Crippen LogP contribution in [0.15, 0.2) is 24.3 Å². The molecule has 0 aliphatic carbocycles. The van der Waals surface area contributed by atoms with Crippen LogP contribution < -0.4 is 21.7 Å². The first-order valence-electron chi connectivity index (χ1n) is 4.12. The molecule has 74 valence electrons. The third kappa shape index (κ3) is 1.92. The van der Waals surface area contributed by atoms with Gasteiger partial charge in [-0.2, -0.15) is 0 Å². The van der Waals surface area contributed by atoms with Crippen molar-refractivity contribution < 1.29 is 5.11 Å². The normalized spacial score (nSPS) is 17.3. The lowest BCUT2D eigenvalue weighted by atomic mass is 10.2. The second-order valence-corrected chi connectivity index (χ2v) is 3.30. The Balaban J connectivity index is 2.08. The predicted octanol–water partition coefficient (Wildman–Crippen LogP) is -0.122. The first-order valence-corrected chi connectivity index (χ1v) is 4.52. The topological polar surface area (TPSA) is 68.3 Å². The van der Waals surface area contributed by atoms with Crippen LogP contribution in [0.1, 0.15) is 11.7 Å². The van der Waals surface area contributed by atoms with E-state index in [0.717, 1.165) is 5.56 Å². The number of benzene rings is 1. The molecule has 5 nitrogen and oxygen atoms in total. The van der Waals surface area contributed by atoms with Crippen molar-refractivity contribution in [3.8, 4) is 5.75 Å². The van der Waals surface area contributed by atoms with Crippen LogP contribution in [0.25, 0.3) is 0 Å². The molecule has 0 amide bonds. The highest BCUT2D eigenvalue weighted by molar-refractivity contribution is 7.80. The highest BCUT2D eigenvalue weighted by atomic mass is 32.1. The summed E-state index contributed by atoms with van der Waals surface area (Å²) in [5, 5.41) is 9.60. The largest absolute Gasteiger partial charge is 0.508 e. The van der Waals surface area contributed by atoms with Gasteiger partial charge in [0.25, 0.3) is 0 Å². The number of hydrogen-bond donors (Lipinski definition) is 5. The number of phenols is 1. The van der Waals surface area contributed by atoms with Gasteiger partial charge in [0.05, 0.1) is 0 Å². The number of phenolic OH excluding ortho intramolecular Hbond substituents is 1. The summed E-state index contributed by atoms with van der Waals surface area (Å²) in [4.78, 5) is 0. The Labute approximate surface area is 86.4 Å². The van der Waals surface area contributed by atoms with Crippen molar-refractivity contribution in [1.29, 1.82) is 0 Å². The smallest absolute Gasteiger partial charge is 0.195 e. The minimum Gasteiger partial charge on any atom is -0.508 e. The van der Waals surface area contributed by atoms with Crippen LogP contribution in [0.2, 0.25) is 0 Å². The summed E-state index contributed by atoms with van der Waals surface area (Å²) in [5.74, 6) is 0.251. The zero-order chi connectivity index (χ0) is 9.97. The van der Waals surface area contributed by atoms with E-state index in [1.54, 1.807) is 12.1 Å². The molecule has 0 unspecified atom stereocenters.